The Morgan fingerprint density at radius 3 is 2.00 bits per heavy atom. The number of methoxy groups -OCH3 is 1. The van der Waals surface area contributed by atoms with Crippen molar-refractivity contribution in [3.63, 3.8) is 0 Å². The maximum Gasteiger partial charge on any atom is 0.0499 e. The molecule has 0 rings (SSSR count). The molecule has 0 N–H and O–H groups in total. The van der Waals surface area contributed by atoms with Crippen molar-refractivity contribution in [2.45, 2.75) is 27.2 Å². The fraction of sp³-hybridized carbons (Fsp3) is 0.750. The molecule has 1 nitrogen and oxygen atoms in total. The van der Waals surface area contributed by atoms with Gasteiger partial charge in [0.1, 0.15) is 0 Å². The summed E-state index contributed by atoms with van der Waals surface area (Å²) in [4.78, 5) is 0. The van der Waals surface area contributed by atoms with Gasteiger partial charge in [0.15, 0.2) is 0 Å². The maximum absolute atomic E-state index is 4.79. The summed E-state index contributed by atoms with van der Waals surface area (Å²) in [5.74, 6) is 0. The van der Waals surface area contributed by atoms with Crippen molar-refractivity contribution in [2.24, 2.45) is 0 Å². The molecule has 0 saturated heterocycles. The molecule has 0 aliphatic heterocycles. The molecule has 0 saturated carbocycles. The second kappa shape index (κ2) is 10.6. The number of hydrogen-bond acceptors (Lipinski definition) is 1. The number of rotatable bonds is 3. The van der Waals surface area contributed by atoms with Crippen LogP contribution in [0.2, 0.25) is 0 Å². The lowest BCUT2D eigenvalue weighted by Gasteiger charge is -1.93. The summed E-state index contributed by atoms with van der Waals surface area (Å²) in [6.45, 7) is 10.5. The van der Waals surface area contributed by atoms with Crippen LogP contribution in [0.1, 0.15) is 27.2 Å². The zero-order valence-corrected chi connectivity index (χ0v) is 7.03. The van der Waals surface area contributed by atoms with Gasteiger partial charge in [0.05, 0.1) is 0 Å². The highest BCUT2D eigenvalue weighted by Crippen LogP contribution is 1.92. The molecule has 0 aromatic rings. The Bertz CT molecular complexity index is 57.6. The molecule has 0 aromatic carbocycles. The van der Waals surface area contributed by atoms with Crippen LogP contribution in [-0.4, -0.2) is 13.7 Å². The van der Waals surface area contributed by atoms with E-state index in [1.54, 1.807) is 7.11 Å². The van der Waals surface area contributed by atoms with Gasteiger partial charge >= 0.3 is 0 Å². The first kappa shape index (κ1) is 11.5. The largest absolute Gasteiger partial charge is 0.384 e. The summed E-state index contributed by atoms with van der Waals surface area (Å²) < 4.78 is 4.79. The van der Waals surface area contributed by atoms with Gasteiger partial charge in [-0.25, -0.2) is 0 Å². The SMILES string of the molecule is C=C(C)CCOC.CC. The molecule has 0 unspecified atom stereocenters. The van der Waals surface area contributed by atoms with Crippen LogP contribution < -0.4 is 0 Å². The van der Waals surface area contributed by atoms with Crippen LogP contribution >= 0.6 is 0 Å². The first-order valence-electron chi connectivity index (χ1n) is 3.40. The third-order valence-corrected chi connectivity index (χ3v) is 0.733. The standard InChI is InChI=1S/C6H12O.C2H6/c1-6(2)4-5-7-3;1-2/h1,4-5H2,2-3H3;1-2H3. The summed E-state index contributed by atoms with van der Waals surface area (Å²) in [5, 5.41) is 0. The Balaban J connectivity index is 0. The van der Waals surface area contributed by atoms with Crippen LogP contribution in [-0.2, 0) is 4.74 Å². The lowest BCUT2D eigenvalue weighted by molar-refractivity contribution is 0.202. The average Bonchev–Trinajstić information content (AvgIpc) is 1.88. The molecule has 0 aromatic heterocycles. The van der Waals surface area contributed by atoms with Crippen molar-refractivity contribution in [1.82, 2.24) is 0 Å². The lowest BCUT2D eigenvalue weighted by atomic mass is 10.3. The molecule has 0 spiro atoms. The predicted molar refractivity (Wildman–Crippen MR) is 42.7 cm³/mol. The Labute approximate surface area is 58.7 Å². The summed E-state index contributed by atoms with van der Waals surface area (Å²) in [6.07, 6.45) is 0.983. The molecular formula is C8H18O. The molecule has 1 heteroatoms. The highest BCUT2D eigenvalue weighted by molar-refractivity contribution is 4.86. The molecule has 56 valence electrons. The number of ether oxygens (including phenoxy) is 1. The molecule has 0 bridgehead atoms. The first-order valence-corrected chi connectivity index (χ1v) is 3.40. The van der Waals surface area contributed by atoms with Gasteiger partial charge in [-0.3, -0.25) is 0 Å². The quantitative estimate of drug-likeness (QED) is 0.534. The van der Waals surface area contributed by atoms with E-state index in [2.05, 4.69) is 6.58 Å². The van der Waals surface area contributed by atoms with Crippen molar-refractivity contribution >= 4 is 0 Å². The maximum atomic E-state index is 4.79. The molecule has 0 atom stereocenters. The normalized spacial score (nSPS) is 7.56. The van der Waals surface area contributed by atoms with Crippen molar-refractivity contribution in [3.8, 4) is 0 Å². The van der Waals surface area contributed by atoms with E-state index in [0.717, 1.165) is 13.0 Å². The fourth-order valence-corrected chi connectivity index (χ4v) is 0.276. The van der Waals surface area contributed by atoms with Crippen molar-refractivity contribution < 1.29 is 4.74 Å². The van der Waals surface area contributed by atoms with Crippen molar-refractivity contribution in [3.05, 3.63) is 12.2 Å². The Morgan fingerprint density at radius 2 is 1.89 bits per heavy atom. The molecule has 9 heavy (non-hydrogen) atoms. The summed E-state index contributed by atoms with van der Waals surface area (Å²) >= 11 is 0. The summed E-state index contributed by atoms with van der Waals surface area (Å²) in [6, 6.07) is 0. The predicted octanol–water partition coefficient (Wildman–Crippen LogP) is 2.63. The minimum absolute atomic E-state index is 0.801. The van der Waals surface area contributed by atoms with Crippen LogP contribution in [0.5, 0.6) is 0 Å². The van der Waals surface area contributed by atoms with Gasteiger partial charge < -0.3 is 4.74 Å². The zero-order valence-electron chi connectivity index (χ0n) is 7.03. The van der Waals surface area contributed by atoms with Crippen LogP contribution in [0.25, 0.3) is 0 Å². The van der Waals surface area contributed by atoms with Crippen molar-refractivity contribution in [2.75, 3.05) is 13.7 Å². The zero-order chi connectivity index (χ0) is 7.70. The highest BCUT2D eigenvalue weighted by atomic mass is 16.5. The van der Waals surface area contributed by atoms with Crippen molar-refractivity contribution in [1.29, 1.82) is 0 Å². The third kappa shape index (κ3) is 18.3. The lowest BCUT2D eigenvalue weighted by Crippen LogP contribution is -1.86. The summed E-state index contributed by atoms with van der Waals surface area (Å²) in [7, 11) is 1.70. The van der Waals surface area contributed by atoms with E-state index in [1.165, 1.54) is 5.57 Å². The van der Waals surface area contributed by atoms with E-state index >= 15 is 0 Å². The molecular weight excluding hydrogens is 112 g/mol. The van der Waals surface area contributed by atoms with E-state index < -0.39 is 0 Å². The van der Waals surface area contributed by atoms with Crippen LogP contribution in [0.3, 0.4) is 0 Å². The third-order valence-electron chi connectivity index (χ3n) is 0.733. The highest BCUT2D eigenvalue weighted by Gasteiger charge is 1.81. The van der Waals surface area contributed by atoms with Gasteiger partial charge in [-0.1, -0.05) is 19.4 Å². The monoisotopic (exact) mass is 130 g/mol. The molecule has 0 amide bonds. The van der Waals surface area contributed by atoms with Crippen LogP contribution in [0, 0.1) is 0 Å². The minimum atomic E-state index is 0.801. The molecule has 0 aliphatic carbocycles. The van der Waals surface area contributed by atoms with Gasteiger partial charge in [-0.15, -0.1) is 6.58 Å². The average molecular weight is 130 g/mol. The van der Waals surface area contributed by atoms with Crippen LogP contribution in [0.4, 0.5) is 0 Å². The van der Waals surface area contributed by atoms with Gasteiger partial charge in [0.25, 0.3) is 0 Å². The molecule has 0 aliphatic rings. The van der Waals surface area contributed by atoms with Gasteiger partial charge in [0, 0.05) is 13.7 Å². The van der Waals surface area contributed by atoms with Gasteiger partial charge in [-0.2, -0.15) is 0 Å². The van der Waals surface area contributed by atoms with Gasteiger partial charge in [-0.05, 0) is 13.3 Å². The Kier molecular flexibility index (Phi) is 13.6. The topological polar surface area (TPSA) is 9.23 Å². The molecule has 0 fully saturated rings. The second-order valence-electron chi connectivity index (χ2n) is 1.70. The second-order valence-corrected chi connectivity index (χ2v) is 1.70. The minimum Gasteiger partial charge on any atom is -0.384 e. The van der Waals surface area contributed by atoms with E-state index in [9.17, 15) is 0 Å². The first-order chi connectivity index (χ1) is 4.27. The van der Waals surface area contributed by atoms with E-state index in [-0.39, 0.29) is 0 Å². The number of hydrogen-bond donors (Lipinski definition) is 0. The van der Waals surface area contributed by atoms with E-state index in [0.29, 0.717) is 0 Å². The van der Waals surface area contributed by atoms with Crippen LogP contribution in [0.15, 0.2) is 12.2 Å². The Hall–Kier alpha value is -0.300. The smallest absolute Gasteiger partial charge is 0.0499 e. The van der Waals surface area contributed by atoms with Gasteiger partial charge in [0.2, 0.25) is 0 Å². The fourth-order valence-electron chi connectivity index (χ4n) is 0.276. The van der Waals surface area contributed by atoms with E-state index in [4.69, 9.17) is 4.74 Å². The van der Waals surface area contributed by atoms with E-state index in [1.807, 2.05) is 20.8 Å². The summed E-state index contributed by atoms with van der Waals surface area (Å²) in [5.41, 5.74) is 1.18. The molecule has 0 heterocycles. The molecule has 0 radical (unpaired) electrons. The Morgan fingerprint density at radius 1 is 1.44 bits per heavy atom.